The normalized spacial score (nSPS) is 14.0. The highest BCUT2D eigenvalue weighted by molar-refractivity contribution is 5.96. The zero-order chi connectivity index (χ0) is 91.5. The third kappa shape index (κ3) is 22.1. The van der Waals surface area contributed by atoms with Crippen molar-refractivity contribution in [2.75, 3.05) is 146 Å². The Kier molecular flexibility index (Phi) is 28.3. The SMILES string of the molecule is COc1cc(CCC(=O)N2CCN(c3ncnc4[nH]c(-c5cccnc5)cc34)CC2)ccn1.COc1ccc(CCC(=O)N2CCN(c3ncnc4[nH]c(-c5ccc(C)cc5)cc34)CC2)cn1.COc1cccc(CCC(=O)N2CCN(c3ncnc4[nH]c(-c5cccnc5)cc34)CC2)n1.Cc1ccc(-c2cc3c(N4CCN(C(=O)CCc5cncc(F)c5)CC4)ncnc3[nH]2)cc1. The Morgan fingerprint density at radius 3 is 1.09 bits per heavy atom. The molecule has 0 aliphatic carbocycles. The molecule has 0 radical (unpaired) electrons. The van der Waals surface area contributed by atoms with E-state index >= 15 is 0 Å². The number of ether oxygens (including phenoxy) is 3. The van der Waals surface area contributed by atoms with Crippen LogP contribution in [-0.2, 0) is 44.9 Å². The van der Waals surface area contributed by atoms with E-state index in [1.807, 2.05) is 92.7 Å². The molecule has 20 rings (SSSR count). The second-order valence-corrected chi connectivity index (χ2v) is 32.9. The Hall–Kier alpha value is -15.8. The van der Waals surface area contributed by atoms with Gasteiger partial charge in [0.1, 0.15) is 77.0 Å². The lowest BCUT2D eigenvalue weighted by Gasteiger charge is -2.35. The van der Waals surface area contributed by atoms with Gasteiger partial charge in [-0.1, -0.05) is 71.8 Å². The van der Waals surface area contributed by atoms with Crippen molar-refractivity contribution in [2.45, 2.75) is 65.2 Å². The fourth-order valence-corrected chi connectivity index (χ4v) is 16.8. The number of anilines is 4. The molecule has 0 bridgehead atoms. The number of nitrogens with one attached hydrogen (secondary N) is 4. The van der Waals surface area contributed by atoms with Crippen molar-refractivity contribution in [3.05, 3.63) is 260 Å². The number of benzene rings is 2. The number of hydrogen-bond donors (Lipinski definition) is 4. The summed E-state index contributed by atoms with van der Waals surface area (Å²) in [7, 11) is 4.78. The third-order valence-corrected chi connectivity index (χ3v) is 24.3. The second-order valence-electron chi connectivity index (χ2n) is 32.9. The minimum atomic E-state index is -0.375. The van der Waals surface area contributed by atoms with Gasteiger partial charge in [0.25, 0.3) is 0 Å². The first-order chi connectivity index (χ1) is 65.1. The molecule has 4 aliphatic heterocycles. The van der Waals surface area contributed by atoms with Gasteiger partial charge in [-0.2, -0.15) is 0 Å². The molecule has 0 saturated carbocycles. The molecule has 4 N–H and O–H groups in total. The number of carbonyl (C=O) groups excluding carboxylic acids is 4. The molecule has 4 saturated heterocycles. The number of pyridine rings is 6. The Bertz CT molecular complexity index is 6450. The number of H-pyrrole nitrogens is 4. The Morgan fingerprint density at radius 2 is 0.714 bits per heavy atom. The van der Waals surface area contributed by atoms with Gasteiger partial charge in [0.15, 0.2) is 0 Å². The summed E-state index contributed by atoms with van der Waals surface area (Å²) in [5.41, 5.74) is 17.5. The van der Waals surface area contributed by atoms with E-state index in [2.05, 4.69) is 196 Å². The van der Waals surface area contributed by atoms with Gasteiger partial charge in [0.05, 0.1) is 49.1 Å². The molecule has 4 fully saturated rings. The van der Waals surface area contributed by atoms with Gasteiger partial charge in [-0.05, 0) is 134 Å². The van der Waals surface area contributed by atoms with E-state index in [0.717, 1.165) is 174 Å². The first-order valence-electron chi connectivity index (χ1n) is 44.6. The highest BCUT2D eigenvalue weighted by Crippen LogP contribution is 2.35. The number of piperazine rings is 4. The number of fused-ring (bicyclic) bond motifs is 4. The minimum Gasteiger partial charge on any atom is -0.481 e. The summed E-state index contributed by atoms with van der Waals surface area (Å²) >= 11 is 0. The molecule has 0 spiro atoms. The molecule has 2 aromatic carbocycles. The lowest BCUT2D eigenvalue weighted by Crippen LogP contribution is -2.49. The van der Waals surface area contributed by atoms with Crippen LogP contribution in [0, 0.1) is 19.7 Å². The average Bonchev–Trinajstić information content (AvgIpc) is 1.66. The summed E-state index contributed by atoms with van der Waals surface area (Å²) in [6.45, 7) is 15.2. The van der Waals surface area contributed by atoms with Crippen LogP contribution in [0.15, 0.2) is 220 Å². The fourth-order valence-electron chi connectivity index (χ4n) is 16.8. The lowest BCUT2D eigenvalue weighted by atomic mass is 10.1. The second kappa shape index (κ2) is 42.2. The molecule has 678 valence electrons. The van der Waals surface area contributed by atoms with E-state index in [1.165, 1.54) is 23.4 Å². The maximum Gasteiger partial charge on any atom is 0.223 e. The van der Waals surface area contributed by atoms with E-state index in [9.17, 15) is 23.6 Å². The molecule has 33 nitrogen and oxygen atoms in total. The quantitative estimate of drug-likeness (QED) is 0.0462. The minimum absolute atomic E-state index is 0.0787. The van der Waals surface area contributed by atoms with E-state index < -0.39 is 0 Å². The van der Waals surface area contributed by atoms with Crippen LogP contribution in [0.1, 0.15) is 59.2 Å². The Labute approximate surface area is 767 Å². The summed E-state index contributed by atoms with van der Waals surface area (Å²) in [5, 5.41) is 3.93. The highest BCUT2D eigenvalue weighted by Gasteiger charge is 2.30. The van der Waals surface area contributed by atoms with Gasteiger partial charge in [0.2, 0.25) is 41.3 Å². The molecule has 14 aromatic heterocycles. The molecule has 18 heterocycles. The van der Waals surface area contributed by atoms with E-state index in [0.29, 0.717) is 134 Å². The van der Waals surface area contributed by atoms with Gasteiger partial charge >= 0.3 is 0 Å². The van der Waals surface area contributed by atoms with Crippen molar-refractivity contribution in [2.24, 2.45) is 0 Å². The zero-order valence-electron chi connectivity index (χ0n) is 74.8. The molecule has 16 aromatic rings. The van der Waals surface area contributed by atoms with Gasteiger partial charge in [-0.3, -0.25) is 34.1 Å². The number of nitrogens with zero attached hydrogens (tertiary/aromatic N) is 22. The number of rotatable bonds is 23. The van der Waals surface area contributed by atoms with Gasteiger partial charge < -0.3 is 73.3 Å². The highest BCUT2D eigenvalue weighted by atomic mass is 19.1. The summed E-state index contributed by atoms with van der Waals surface area (Å²) in [6.07, 6.45) is 23.9. The van der Waals surface area contributed by atoms with Crippen LogP contribution in [0.4, 0.5) is 27.7 Å². The number of halogens is 1. The molecular weight excluding hydrogens is 1680 g/mol. The Morgan fingerprint density at radius 1 is 0.323 bits per heavy atom. The van der Waals surface area contributed by atoms with Crippen molar-refractivity contribution in [3.63, 3.8) is 0 Å². The number of amides is 4. The topological polar surface area (TPSA) is 366 Å². The van der Waals surface area contributed by atoms with Crippen molar-refractivity contribution in [1.29, 1.82) is 0 Å². The van der Waals surface area contributed by atoms with Crippen LogP contribution in [0.25, 0.3) is 89.2 Å². The summed E-state index contributed by atoms with van der Waals surface area (Å²) < 4.78 is 28.7. The van der Waals surface area contributed by atoms with Crippen molar-refractivity contribution < 1.29 is 37.8 Å². The number of aryl methyl sites for hydroxylation is 6. The largest absolute Gasteiger partial charge is 0.481 e. The predicted octanol–water partition coefficient (Wildman–Crippen LogP) is 12.8. The predicted molar refractivity (Wildman–Crippen MR) is 507 cm³/mol. The van der Waals surface area contributed by atoms with E-state index in [4.69, 9.17) is 14.2 Å². The van der Waals surface area contributed by atoms with Gasteiger partial charge in [0, 0.05) is 232 Å². The molecule has 0 atom stereocenters. The summed E-state index contributed by atoms with van der Waals surface area (Å²) in [4.78, 5) is 142. The van der Waals surface area contributed by atoms with Crippen LogP contribution in [0.5, 0.6) is 17.6 Å². The number of carbonyl (C=O) groups is 4. The van der Waals surface area contributed by atoms with Crippen LogP contribution in [-0.4, -0.2) is 259 Å². The van der Waals surface area contributed by atoms with Gasteiger partial charge in [-0.15, -0.1) is 0 Å². The van der Waals surface area contributed by atoms with Crippen LogP contribution >= 0.6 is 0 Å². The van der Waals surface area contributed by atoms with Crippen molar-refractivity contribution >= 4 is 91.0 Å². The molecule has 133 heavy (non-hydrogen) atoms. The summed E-state index contributed by atoms with van der Waals surface area (Å²) in [6, 6.07) is 47.6. The summed E-state index contributed by atoms with van der Waals surface area (Å²) in [5.74, 6) is 5.49. The standard InChI is InChI=1S/C26H28N6O2.C25H25FN6O.2C24H25N7O2/c1-18-3-7-20(8-4-18)22-15-21-25(30-22)28-17-29-26(21)32-13-11-31(12-14-32)24(33)10-6-19-5-9-23(34-2)27-16-19;1-17-2-5-19(6-3-17)22-13-21-24(30-22)28-16-29-25(21)32-10-8-31(9-11-32)23(33)7-4-18-12-20(26)15-27-14-18;1-33-21-6-2-5-18(28-21)7-8-22(32)30-10-12-31(13-11-30)24-19-14-20(17-4-3-9-25-15-17)29-23(19)26-16-27-24;1-33-21-13-17(6-8-26-21)4-5-22(32)30-9-11-31(12-10-30)24-19-14-20(18-3-2-7-25-15-18)29-23(19)27-16-28-24/h3-5,7-9,15-17H,6,10-14H2,1-2H3,(H,28,29,30);2-3,5-6,12-16H,4,7-11H2,1H3,(H,28,29,30);2-6,9,14-16H,7-8,10-13H2,1H3,(H,26,27,29);2-3,6-8,13-16H,4-5,9-12H2,1H3,(H,27,28,29). The van der Waals surface area contributed by atoms with Crippen LogP contribution < -0.4 is 33.8 Å². The number of hydrogen-bond acceptors (Lipinski definition) is 25. The van der Waals surface area contributed by atoms with E-state index in [-0.39, 0.29) is 29.4 Å². The van der Waals surface area contributed by atoms with E-state index in [1.54, 1.807) is 83.7 Å². The smallest absolute Gasteiger partial charge is 0.223 e. The van der Waals surface area contributed by atoms with Crippen molar-refractivity contribution in [1.82, 2.24) is 109 Å². The Balaban J connectivity index is 0.000000124. The molecule has 4 aliphatic rings. The fraction of sp³-hybridized carbons (Fsp3) is 0.293. The number of aromatic amines is 4. The van der Waals surface area contributed by atoms with Crippen LogP contribution in [0.2, 0.25) is 0 Å². The van der Waals surface area contributed by atoms with Gasteiger partial charge in [-0.25, -0.2) is 59.2 Å². The molecule has 0 unspecified atom stereocenters. The molecule has 4 amide bonds. The first kappa shape index (κ1) is 89.2. The maximum absolute atomic E-state index is 13.3. The molecule has 34 heteroatoms. The number of aromatic nitrogens is 18. The lowest BCUT2D eigenvalue weighted by molar-refractivity contribution is -0.132. The zero-order valence-corrected chi connectivity index (χ0v) is 74.8. The molecular formula is C99H103FN26O7. The van der Waals surface area contributed by atoms with Crippen LogP contribution in [0.3, 0.4) is 0 Å². The van der Waals surface area contributed by atoms with Crippen molar-refractivity contribution in [3.8, 4) is 62.7 Å². The number of methoxy groups -OCH3 is 3. The maximum atomic E-state index is 13.3. The monoisotopic (exact) mass is 1790 g/mol. The first-order valence-corrected chi connectivity index (χ1v) is 44.6. The third-order valence-electron chi connectivity index (χ3n) is 24.3. The average molecular weight is 1790 g/mol.